The molecule has 154 valence electrons. The Bertz CT molecular complexity index is 711. The van der Waals surface area contributed by atoms with Crippen molar-refractivity contribution >= 4 is 29.3 Å². The SMILES string of the molecule is CC1(N)CCN(C(=O)C2NCC(c3ccccc3Cl)(C3CCCCC3)S2)CC1. The van der Waals surface area contributed by atoms with E-state index in [2.05, 4.69) is 24.4 Å². The van der Waals surface area contributed by atoms with E-state index in [0.717, 1.165) is 37.5 Å². The molecule has 2 unspecified atom stereocenters. The van der Waals surface area contributed by atoms with E-state index < -0.39 is 0 Å². The zero-order chi connectivity index (χ0) is 19.8. The molecule has 6 heteroatoms. The third kappa shape index (κ3) is 3.96. The van der Waals surface area contributed by atoms with Crippen molar-refractivity contribution in [3.63, 3.8) is 0 Å². The zero-order valence-corrected chi connectivity index (χ0v) is 18.3. The number of hydrogen-bond donors (Lipinski definition) is 2. The van der Waals surface area contributed by atoms with Crippen LogP contribution < -0.4 is 11.1 Å². The van der Waals surface area contributed by atoms with Gasteiger partial charge in [-0.2, -0.15) is 0 Å². The number of piperidine rings is 1. The fourth-order valence-electron chi connectivity index (χ4n) is 5.07. The monoisotopic (exact) mass is 421 g/mol. The van der Waals surface area contributed by atoms with Gasteiger partial charge in [-0.25, -0.2) is 0 Å². The average molecular weight is 422 g/mol. The topological polar surface area (TPSA) is 58.4 Å². The molecule has 0 spiro atoms. The second-order valence-corrected chi connectivity index (χ2v) is 10.9. The van der Waals surface area contributed by atoms with Crippen molar-refractivity contribution < 1.29 is 4.79 Å². The largest absolute Gasteiger partial charge is 0.340 e. The van der Waals surface area contributed by atoms with Crippen LogP contribution >= 0.6 is 23.4 Å². The predicted octanol–water partition coefficient (Wildman–Crippen LogP) is 4.12. The Morgan fingerprint density at radius 2 is 1.89 bits per heavy atom. The van der Waals surface area contributed by atoms with E-state index >= 15 is 0 Å². The minimum absolute atomic E-state index is 0.114. The fraction of sp³-hybridized carbons (Fsp3) is 0.682. The third-order valence-electron chi connectivity index (χ3n) is 6.91. The number of carbonyl (C=O) groups is 1. The summed E-state index contributed by atoms with van der Waals surface area (Å²) in [5.74, 6) is 0.773. The Morgan fingerprint density at radius 3 is 2.57 bits per heavy atom. The van der Waals surface area contributed by atoms with Crippen LogP contribution in [0.2, 0.25) is 5.02 Å². The molecule has 0 aromatic heterocycles. The second kappa shape index (κ2) is 8.17. The van der Waals surface area contributed by atoms with E-state index in [4.69, 9.17) is 17.3 Å². The van der Waals surface area contributed by atoms with Gasteiger partial charge in [0.25, 0.3) is 0 Å². The molecular formula is C22H32ClN3OS. The third-order valence-corrected chi connectivity index (χ3v) is 8.97. The quantitative estimate of drug-likeness (QED) is 0.770. The number of nitrogens with two attached hydrogens (primary N) is 1. The van der Waals surface area contributed by atoms with Crippen LogP contribution in [0.25, 0.3) is 0 Å². The number of nitrogens with zero attached hydrogens (tertiary/aromatic N) is 1. The molecule has 3 N–H and O–H groups in total. The zero-order valence-electron chi connectivity index (χ0n) is 16.8. The number of halogens is 1. The molecule has 0 radical (unpaired) electrons. The lowest BCUT2D eigenvalue weighted by Crippen LogP contribution is -2.52. The summed E-state index contributed by atoms with van der Waals surface area (Å²) in [6.45, 7) is 4.41. The molecule has 1 amide bonds. The van der Waals surface area contributed by atoms with Crippen molar-refractivity contribution in [1.29, 1.82) is 0 Å². The van der Waals surface area contributed by atoms with E-state index in [0.29, 0.717) is 5.92 Å². The number of benzene rings is 1. The Morgan fingerprint density at radius 1 is 1.21 bits per heavy atom. The first-order valence-electron chi connectivity index (χ1n) is 10.7. The van der Waals surface area contributed by atoms with Crippen molar-refractivity contribution in [3.05, 3.63) is 34.9 Å². The van der Waals surface area contributed by atoms with E-state index in [-0.39, 0.29) is 21.6 Å². The van der Waals surface area contributed by atoms with Crippen LogP contribution in [0.3, 0.4) is 0 Å². The highest BCUT2D eigenvalue weighted by molar-refractivity contribution is 8.01. The molecule has 0 bridgehead atoms. The van der Waals surface area contributed by atoms with Crippen molar-refractivity contribution in [2.24, 2.45) is 11.7 Å². The smallest absolute Gasteiger partial charge is 0.250 e. The highest BCUT2D eigenvalue weighted by atomic mass is 35.5. The van der Waals surface area contributed by atoms with Crippen LogP contribution in [0, 0.1) is 5.92 Å². The van der Waals surface area contributed by atoms with Crippen LogP contribution in [0.1, 0.15) is 57.4 Å². The number of nitrogens with one attached hydrogen (secondary N) is 1. The molecule has 2 heterocycles. The van der Waals surface area contributed by atoms with Crippen LogP contribution in [-0.4, -0.2) is 41.4 Å². The van der Waals surface area contributed by atoms with Gasteiger partial charge in [0.05, 0.1) is 4.75 Å². The van der Waals surface area contributed by atoms with Crippen LogP contribution in [0.4, 0.5) is 0 Å². The lowest BCUT2D eigenvalue weighted by molar-refractivity contribution is -0.132. The van der Waals surface area contributed by atoms with Crippen molar-refractivity contribution in [2.45, 2.75) is 67.5 Å². The summed E-state index contributed by atoms with van der Waals surface area (Å²) in [4.78, 5) is 15.3. The first-order valence-corrected chi connectivity index (χ1v) is 11.9. The van der Waals surface area contributed by atoms with Gasteiger partial charge in [0, 0.05) is 30.2 Å². The summed E-state index contributed by atoms with van der Waals surface area (Å²) >= 11 is 8.49. The van der Waals surface area contributed by atoms with Crippen LogP contribution in [0.15, 0.2) is 24.3 Å². The van der Waals surface area contributed by atoms with Gasteiger partial charge in [-0.1, -0.05) is 49.1 Å². The summed E-state index contributed by atoms with van der Waals surface area (Å²) in [6, 6.07) is 8.23. The van der Waals surface area contributed by atoms with Crippen molar-refractivity contribution in [3.8, 4) is 0 Å². The van der Waals surface area contributed by atoms with Gasteiger partial charge in [0.15, 0.2) is 0 Å². The van der Waals surface area contributed by atoms with E-state index in [1.807, 2.05) is 28.8 Å². The predicted molar refractivity (Wildman–Crippen MR) is 117 cm³/mol. The molecule has 1 aromatic rings. The molecule has 3 aliphatic rings. The number of thioether (sulfide) groups is 1. The number of carbonyl (C=O) groups excluding carboxylic acids is 1. The minimum Gasteiger partial charge on any atom is -0.340 e. The first-order chi connectivity index (χ1) is 13.4. The fourth-order valence-corrected chi connectivity index (χ4v) is 7.17. The molecule has 1 saturated carbocycles. The summed E-state index contributed by atoms with van der Waals surface area (Å²) in [7, 11) is 0. The van der Waals surface area contributed by atoms with Gasteiger partial charge < -0.3 is 10.6 Å². The van der Waals surface area contributed by atoms with Crippen molar-refractivity contribution in [1.82, 2.24) is 10.2 Å². The molecule has 4 rings (SSSR count). The Labute approximate surface area is 177 Å². The maximum atomic E-state index is 13.3. The van der Waals surface area contributed by atoms with Gasteiger partial charge in [-0.15, -0.1) is 11.8 Å². The standard InChI is InChI=1S/C22H32ClN3OS/c1-21(24)11-13-26(14-12-21)20(27)19-25-15-22(28-19,16-7-3-2-4-8-16)17-9-5-6-10-18(17)23/h5-6,9-10,16,19,25H,2-4,7-8,11-15,24H2,1H3. The second-order valence-electron chi connectivity index (χ2n) is 9.06. The number of amides is 1. The molecule has 2 aliphatic heterocycles. The normalized spacial score (nSPS) is 31.1. The number of hydrogen-bond acceptors (Lipinski definition) is 4. The molecule has 2 atom stereocenters. The summed E-state index contributed by atoms with van der Waals surface area (Å²) in [5.41, 5.74) is 7.31. The Hall–Kier alpha value is -0.750. The number of rotatable bonds is 3. The Kier molecular flexibility index (Phi) is 5.99. The molecule has 1 aliphatic carbocycles. The van der Waals surface area contributed by atoms with Crippen molar-refractivity contribution in [2.75, 3.05) is 19.6 Å². The summed E-state index contributed by atoms with van der Waals surface area (Å²) in [5, 5.41) is 4.20. The molecule has 28 heavy (non-hydrogen) atoms. The molecule has 4 nitrogen and oxygen atoms in total. The van der Waals surface area contributed by atoms with Crippen LogP contribution in [0.5, 0.6) is 0 Å². The highest BCUT2D eigenvalue weighted by Crippen LogP contribution is 2.54. The number of likely N-dealkylation sites (tertiary alicyclic amines) is 1. The lowest BCUT2D eigenvalue weighted by atomic mass is 9.76. The molecular weight excluding hydrogens is 390 g/mol. The maximum Gasteiger partial charge on any atom is 0.250 e. The van der Waals surface area contributed by atoms with Gasteiger partial charge in [0.1, 0.15) is 5.37 Å². The molecule has 2 saturated heterocycles. The molecule has 3 fully saturated rings. The van der Waals surface area contributed by atoms with Gasteiger partial charge in [-0.3, -0.25) is 10.1 Å². The van der Waals surface area contributed by atoms with Crippen LogP contribution in [-0.2, 0) is 9.54 Å². The Balaban J connectivity index is 1.56. The van der Waals surface area contributed by atoms with E-state index in [1.54, 1.807) is 0 Å². The summed E-state index contributed by atoms with van der Waals surface area (Å²) in [6.07, 6.45) is 8.05. The molecule has 1 aromatic carbocycles. The maximum absolute atomic E-state index is 13.3. The van der Waals surface area contributed by atoms with E-state index in [1.165, 1.54) is 37.7 Å². The van der Waals surface area contributed by atoms with Gasteiger partial charge >= 0.3 is 0 Å². The van der Waals surface area contributed by atoms with Gasteiger partial charge in [0.2, 0.25) is 5.91 Å². The lowest BCUT2D eigenvalue weighted by Gasteiger charge is -2.40. The first kappa shape index (κ1) is 20.5. The summed E-state index contributed by atoms with van der Waals surface area (Å²) < 4.78 is -0.114. The minimum atomic E-state index is -0.194. The average Bonchev–Trinajstić information content (AvgIpc) is 3.15. The highest BCUT2D eigenvalue weighted by Gasteiger charge is 2.50. The van der Waals surface area contributed by atoms with E-state index in [9.17, 15) is 4.79 Å². The van der Waals surface area contributed by atoms with Gasteiger partial charge in [-0.05, 0) is 50.2 Å².